The van der Waals surface area contributed by atoms with E-state index >= 15 is 0 Å². The fourth-order valence-corrected chi connectivity index (χ4v) is 3.96. The number of piperidine rings is 1. The summed E-state index contributed by atoms with van der Waals surface area (Å²) in [5.74, 6) is -0.275. The number of hydrogen-bond acceptors (Lipinski definition) is 4. The zero-order valence-electron chi connectivity index (χ0n) is 18.7. The lowest BCUT2D eigenvalue weighted by Gasteiger charge is -2.30. The molecule has 1 fully saturated rings. The number of carbonyl (C=O) groups is 2. The number of anilines is 2. The Morgan fingerprint density at radius 3 is 2.32 bits per heavy atom. The second kappa shape index (κ2) is 11.5. The van der Waals surface area contributed by atoms with Crippen molar-refractivity contribution >= 4 is 23.2 Å². The Morgan fingerprint density at radius 2 is 1.65 bits per heavy atom. The van der Waals surface area contributed by atoms with Crippen LogP contribution in [0.4, 0.5) is 11.4 Å². The highest BCUT2D eigenvalue weighted by molar-refractivity contribution is 6.06. The van der Waals surface area contributed by atoms with Gasteiger partial charge in [-0.05, 0) is 62.7 Å². The highest BCUT2D eigenvalue weighted by atomic mass is 16.2. The Hall–Kier alpha value is -2.86. The summed E-state index contributed by atoms with van der Waals surface area (Å²) in [5.41, 5.74) is 2.78. The summed E-state index contributed by atoms with van der Waals surface area (Å²) in [4.78, 5) is 30.2. The van der Waals surface area contributed by atoms with Crippen LogP contribution in [0.1, 0.15) is 53.8 Å². The summed E-state index contributed by atoms with van der Waals surface area (Å²) in [6.45, 7) is 9.50. The SMILES string of the molecule is CCN(CC)CCNC(=O)c1cc(NC(=O)c2ccccc2)ccc1N1CCCCC1. The third-order valence-corrected chi connectivity index (χ3v) is 5.84. The van der Waals surface area contributed by atoms with E-state index in [2.05, 4.69) is 34.3 Å². The first kappa shape index (κ1) is 22.8. The van der Waals surface area contributed by atoms with Crippen LogP contribution in [0.15, 0.2) is 48.5 Å². The smallest absolute Gasteiger partial charge is 0.255 e. The van der Waals surface area contributed by atoms with Crippen molar-refractivity contribution < 1.29 is 9.59 Å². The van der Waals surface area contributed by atoms with E-state index in [-0.39, 0.29) is 11.8 Å². The highest BCUT2D eigenvalue weighted by Gasteiger charge is 2.20. The molecule has 0 aliphatic carbocycles. The molecule has 0 atom stereocenters. The Labute approximate surface area is 185 Å². The molecule has 1 saturated heterocycles. The molecule has 2 N–H and O–H groups in total. The van der Waals surface area contributed by atoms with Crippen molar-refractivity contribution in [3.63, 3.8) is 0 Å². The molecule has 31 heavy (non-hydrogen) atoms. The van der Waals surface area contributed by atoms with Crippen LogP contribution in [0.2, 0.25) is 0 Å². The summed E-state index contributed by atoms with van der Waals surface area (Å²) in [6, 6.07) is 14.8. The molecule has 6 heteroatoms. The number of likely N-dealkylation sites (N-methyl/N-ethyl adjacent to an activating group) is 1. The first-order chi connectivity index (χ1) is 15.1. The minimum absolute atomic E-state index is 0.0939. The van der Waals surface area contributed by atoms with Crippen molar-refractivity contribution in [2.45, 2.75) is 33.1 Å². The second-order valence-corrected chi connectivity index (χ2v) is 7.88. The molecule has 0 unspecified atom stereocenters. The third kappa shape index (κ3) is 6.31. The highest BCUT2D eigenvalue weighted by Crippen LogP contribution is 2.27. The van der Waals surface area contributed by atoms with Gasteiger partial charge >= 0.3 is 0 Å². The van der Waals surface area contributed by atoms with Gasteiger partial charge in [0.05, 0.1) is 5.56 Å². The maximum atomic E-state index is 13.1. The van der Waals surface area contributed by atoms with E-state index in [1.165, 1.54) is 6.42 Å². The van der Waals surface area contributed by atoms with Gasteiger partial charge in [0.2, 0.25) is 0 Å². The van der Waals surface area contributed by atoms with Gasteiger partial charge in [-0.15, -0.1) is 0 Å². The van der Waals surface area contributed by atoms with E-state index in [1.807, 2.05) is 30.3 Å². The van der Waals surface area contributed by atoms with E-state index in [1.54, 1.807) is 18.2 Å². The minimum Gasteiger partial charge on any atom is -0.371 e. The lowest BCUT2D eigenvalue weighted by atomic mass is 10.1. The van der Waals surface area contributed by atoms with Gasteiger partial charge in [-0.25, -0.2) is 0 Å². The summed E-state index contributed by atoms with van der Waals surface area (Å²) >= 11 is 0. The summed E-state index contributed by atoms with van der Waals surface area (Å²) in [5, 5.41) is 6.00. The predicted octanol–water partition coefficient (Wildman–Crippen LogP) is 4.00. The number of benzene rings is 2. The molecule has 0 saturated carbocycles. The molecule has 3 rings (SSSR count). The van der Waals surface area contributed by atoms with Gasteiger partial charge in [-0.3, -0.25) is 9.59 Å². The molecule has 0 bridgehead atoms. The number of rotatable bonds is 9. The van der Waals surface area contributed by atoms with Crippen LogP contribution in [-0.2, 0) is 0 Å². The molecule has 0 spiro atoms. The van der Waals surface area contributed by atoms with Crippen LogP contribution in [0.5, 0.6) is 0 Å². The summed E-state index contributed by atoms with van der Waals surface area (Å²) < 4.78 is 0. The van der Waals surface area contributed by atoms with Crippen LogP contribution in [0.3, 0.4) is 0 Å². The van der Waals surface area contributed by atoms with Crippen LogP contribution < -0.4 is 15.5 Å². The van der Waals surface area contributed by atoms with Crippen molar-refractivity contribution in [3.8, 4) is 0 Å². The Morgan fingerprint density at radius 1 is 0.935 bits per heavy atom. The lowest BCUT2D eigenvalue weighted by Crippen LogP contribution is -2.36. The van der Waals surface area contributed by atoms with Gasteiger partial charge < -0.3 is 20.4 Å². The number of carbonyl (C=O) groups excluding carboxylic acids is 2. The van der Waals surface area contributed by atoms with E-state index < -0.39 is 0 Å². The van der Waals surface area contributed by atoms with Crippen molar-refractivity contribution in [1.82, 2.24) is 10.2 Å². The van der Waals surface area contributed by atoms with E-state index in [0.717, 1.165) is 51.3 Å². The summed E-state index contributed by atoms with van der Waals surface area (Å²) in [7, 11) is 0. The fourth-order valence-electron chi connectivity index (χ4n) is 3.96. The van der Waals surface area contributed by atoms with Gasteiger partial charge in [-0.1, -0.05) is 32.0 Å². The average molecular weight is 423 g/mol. The van der Waals surface area contributed by atoms with Crippen molar-refractivity contribution in [1.29, 1.82) is 0 Å². The van der Waals surface area contributed by atoms with E-state index in [0.29, 0.717) is 23.4 Å². The van der Waals surface area contributed by atoms with Crippen molar-refractivity contribution in [3.05, 3.63) is 59.7 Å². The molecule has 166 valence electrons. The van der Waals surface area contributed by atoms with Gasteiger partial charge in [0.15, 0.2) is 0 Å². The maximum Gasteiger partial charge on any atom is 0.255 e. The lowest BCUT2D eigenvalue weighted by molar-refractivity contribution is 0.0948. The van der Waals surface area contributed by atoms with Gasteiger partial charge in [0.1, 0.15) is 0 Å². The largest absolute Gasteiger partial charge is 0.371 e. The van der Waals surface area contributed by atoms with Crippen molar-refractivity contribution in [2.75, 3.05) is 49.5 Å². The Bertz CT molecular complexity index is 859. The number of hydrogen-bond donors (Lipinski definition) is 2. The molecule has 2 amide bonds. The number of nitrogens with one attached hydrogen (secondary N) is 2. The minimum atomic E-state index is -0.181. The van der Waals surface area contributed by atoms with Crippen LogP contribution in [0, 0.1) is 0 Å². The zero-order valence-corrected chi connectivity index (χ0v) is 18.7. The summed E-state index contributed by atoms with van der Waals surface area (Å²) in [6.07, 6.45) is 3.50. The van der Waals surface area contributed by atoms with E-state index in [9.17, 15) is 9.59 Å². The van der Waals surface area contributed by atoms with E-state index in [4.69, 9.17) is 0 Å². The quantitative estimate of drug-likeness (QED) is 0.641. The van der Waals surface area contributed by atoms with Crippen LogP contribution in [-0.4, -0.2) is 56.0 Å². The Kier molecular flexibility index (Phi) is 8.47. The van der Waals surface area contributed by atoms with Crippen LogP contribution >= 0.6 is 0 Å². The normalized spacial score (nSPS) is 13.8. The molecular formula is C25H34N4O2. The molecule has 0 radical (unpaired) electrons. The van der Waals surface area contributed by atoms with Crippen LogP contribution in [0.25, 0.3) is 0 Å². The van der Waals surface area contributed by atoms with Crippen molar-refractivity contribution in [2.24, 2.45) is 0 Å². The number of amides is 2. The van der Waals surface area contributed by atoms with Gasteiger partial charge in [-0.2, -0.15) is 0 Å². The Balaban J connectivity index is 1.78. The zero-order chi connectivity index (χ0) is 22.1. The fraction of sp³-hybridized carbons (Fsp3) is 0.440. The molecule has 6 nitrogen and oxygen atoms in total. The van der Waals surface area contributed by atoms with Gasteiger partial charge in [0, 0.05) is 43.1 Å². The molecule has 1 aliphatic heterocycles. The topological polar surface area (TPSA) is 64.7 Å². The molecule has 1 aliphatic rings. The molecule has 2 aromatic rings. The molecule has 1 heterocycles. The maximum absolute atomic E-state index is 13.1. The first-order valence-corrected chi connectivity index (χ1v) is 11.4. The number of nitrogens with zero attached hydrogens (tertiary/aromatic N) is 2. The third-order valence-electron chi connectivity index (χ3n) is 5.84. The monoisotopic (exact) mass is 422 g/mol. The second-order valence-electron chi connectivity index (χ2n) is 7.88. The average Bonchev–Trinajstić information content (AvgIpc) is 2.83. The van der Waals surface area contributed by atoms with Gasteiger partial charge in [0.25, 0.3) is 11.8 Å². The molecule has 2 aromatic carbocycles. The standard InChI is InChI=1S/C25H34N4O2/c1-3-28(4-2)18-15-26-25(31)22-19-21(27-24(30)20-11-7-5-8-12-20)13-14-23(22)29-16-9-6-10-17-29/h5,7-8,11-14,19H,3-4,6,9-10,15-18H2,1-2H3,(H,26,31)(H,27,30). The first-order valence-electron chi connectivity index (χ1n) is 11.4. The molecular weight excluding hydrogens is 388 g/mol. The molecule has 0 aromatic heterocycles. The predicted molar refractivity (Wildman–Crippen MR) is 127 cm³/mol.